The Hall–Kier alpha value is -1.71. The van der Waals surface area contributed by atoms with Gasteiger partial charge in [-0.15, -0.1) is 24.0 Å². The van der Waals surface area contributed by atoms with Gasteiger partial charge in [-0.1, -0.05) is 0 Å². The van der Waals surface area contributed by atoms with Crippen LogP contribution in [0.4, 0.5) is 5.69 Å². The van der Waals surface area contributed by atoms with Crippen molar-refractivity contribution in [2.75, 3.05) is 26.1 Å². The van der Waals surface area contributed by atoms with E-state index in [1.165, 1.54) is 0 Å². The molecule has 0 fully saturated rings. The fraction of sp³-hybridized carbons (Fsp3) is 0.467. The number of nitrogens with zero attached hydrogens (tertiary/aromatic N) is 1. The molecule has 7 nitrogen and oxygen atoms in total. The summed E-state index contributed by atoms with van der Waals surface area (Å²) in [7, 11) is 3.12. The van der Waals surface area contributed by atoms with Crippen LogP contribution in [0.25, 0.3) is 0 Å². The van der Waals surface area contributed by atoms with E-state index >= 15 is 0 Å². The SMILES string of the molecule is COc1ccc(NC(N)=NCC(=O)NC(C)(C)C)cc1OC.I. The number of carbonyl (C=O) groups excluding carboxylic acids is 1. The smallest absolute Gasteiger partial charge is 0.242 e. The van der Waals surface area contributed by atoms with Crippen LogP contribution in [0.15, 0.2) is 23.2 Å². The number of aliphatic imine (C=N–C) groups is 1. The van der Waals surface area contributed by atoms with Crippen molar-refractivity contribution in [2.24, 2.45) is 10.7 Å². The minimum absolute atomic E-state index is 0. The van der Waals surface area contributed by atoms with Crippen LogP contribution in [-0.4, -0.2) is 38.2 Å². The predicted octanol–water partition coefficient (Wildman–Crippen LogP) is 1.96. The zero-order valence-corrected chi connectivity index (χ0v) is 16.4. The molecule has 0 aliphatic heterocycles. The van der Waals surface area contributed by atoms with Gasteiger partial charge in [0.2, 0.25) is 5.91 Å². The fourth-order valence-corrected chi connectivity index (χ4v) is 1.72. The number of anilines is 1. The maximum absolute atomic E-state index is 11.7. The number of ether oxygens (including phenoxy) is 2. The minimum atomic E-state index is -0.294. The van der Waals surface area contributed by atoms with Crippen molar-refractivity contribution in [3.05, 3.63) is 18.2 Å². The maximum atomic E-state index is 11.7. The Morgan fingerprint density at radius 3 is 2.35 bits per heavy atom. The van der Waals surface area contributed by atoms with Gasteiger partial charge in [0.05, 0.1) is 14.2 Å². The summed E-state index contributed by atoms with van der Waals surface area (Å²) in [4.78, 5) is 15.7. The Kier molecular flexibility index (Phi) is 8.73. The molecule has 0 spiro atoms. The predicted molar refractivity (Wildman–Crippen MR) is 103 cm³/mol. The third-order valence-electron chi connectivity index (χ3n) is 2.56. The third kappa shape index (κ3) is 7.91. The highest BCUT2D eigenvalue weighted by Crippen LogP contribution is 2.29. The number of hydrogen-bond acceptors (Lipinski definition) is 4. The van der Waals surface area contributed by atoms with Crippen molar-refractivity contribution in [2.45, 2.75) is 26.3 Å². The van der Waals surface area contributed by atoms with Gasteiger partial charge in [0, 0.05) is 17.3 Å². The summed E-state index contributed by atoms with van der Waals surface area (Å²) in [5.74, 6) is 1.15. The molecule has 0 saturated heterocycles. The first kappa shape index (κ1) is 21.3. The van der Waals surface area contributed by atoms with Crippen molar-refractivity contribution in [3.8, 4) is 11.5 Å². The lowest BCUT2D eigenvalue weighted by Gasteiger charge is -2.19. The second kappa shape index (κ2) is 9.43. The van der Waals surface area contributed by atoms with Gasteiger partial charge in [0.25, 0.3) is 0 Å². The summed E-state index contributed by atoms with van der Waals surface area (Å²) in [6.45, 7) is 5.67. The van der Waals surface area contributed by atoms with Crippen molar-refractivity contribution >= 4 is 41.5 Å². The Morgan fingerprint density at radius 1 is 1.22 bits per heavy atom. The molecule has 0 aliphatic carbocycles. The van der Waals surface area contributed by atoms with Crippen molar-refractivity contribution < 1.29 is 14.3 Å². The van der Waals surface area contributed by atoms with E-state index in [4.69, 9.17) is 15.2 Å². The number of halogens is 1. The molecule has 0 saturated carbocycles. The molecular weight excluding hydrogens is 411 g/mol. The number of hydrogen-bond donors (Lipinski definition) is 3. The summed E-state index contributed by atoms with van der Waals surface area (Å²) in [5, 5.41) is 5.70. The molecule has 1 amide bonds. The Bertz CT molecular complexity index is 556. The van der Waals surface area contributed by atoms with Gasteiger partial charge in [-0.25, -0.2) is 4.99 Å². The number of nitrogens with one attached hydrogen (secondary N) is 2. The molecule has 1 aromatic rings. The standard InChI is InChI=1S/C15H24N4O3.HI/c1-15(2,3)19-13(20)9-17-14(16)18-10-6-7-11(21-4)12(8-10)22-5;/h6-8H,9H2,1-5H3,(H,19,20)(H3,16,17,18);1H. The average Bonchev–Trinajstić information content (AvgIpc) is 2.43. The molecule has 0 radical (unpaired) electrons. The lowest BCUT2D eigenvalue weighted by atomic mass is 10.1. The molecule has 0 atom stereocenters. The molecule has 130 valence electrons. The second-order valence-electron chi connectivity index (χ2n) is 5.69. The molecule has 0 bridgehead atoms. The average molecular weight is 436 g/mol. The molecule has 0 heterocycles. The molecular formula is C15H25IN4O3. The van der Waals surface area contributed by atoms with E-state index in [1.807, 2.05) is 20.8 Å². The number of benzene rings is 1. The van der Waals surface area contributed by atoms with Crippen LogP contribution in [0.5, 0.6) is 11.5 Å². The summed E-state index contributed by atoms with van der Waals surface area (Å²) in [6, 6.07) is 5.26. The normalized spacial score (nSPS) is 11.3. The van der Waals surface area contributed by atoms with Crippen LogP contribution < -0.4 is 25.8 Å². The van der Waals surface area contributed by atoms with Crippen LogP contribution in [0.3, 0.4) is 0 Å². The number of rotatable bonds is 5. The van der Waals surface area contributed by atoms with Gasteiger partial charge < -0.3 is 25.8 Å². The third-order valence-corrected chi connectivity index (χ3v) is 2.56. The molecule has 0 aliphatic rings. The molecule has 0 aromatic heterocycles. The highest BCUT2D eigenvalue weighted by Gasteiger charge is 2.13. The topological polar surface area (TPSA) is 98.0 Å². The van der Waals surface area contributed by atoms with E-state index in [-0.39, 0.29) is 47.9 Å². The number of guanidine groups is 1. The van der Waals surface area contributed by atoms with Crippen LogP contribution >= 0.6 is 24.0 Å². The van der Waals surface area contributed by atoms with Gasteiger partial charge in [-0.05, 0) is 32.9 Å². The highest BCUT2D eigenvalue weighted by molar-refractivity contribution is 14.0. The zero-order chi connectivity index (χ0) is 16.8. The summed E-state index contributed by atoms with van der Waals surface area (Å²) in [6.07, 6.45) is 0. The lowest BCUT2D eigenvalue weighted by molar-refractivity contribution is -0.121. The molecule has 1 rings (SSSR count). The van der Waals surface area contributed by atoms with E-state index in [2.05, 4.69) is 15.6 Å². The number of amides is 1. The quantitative estimate of drug-likeness (QED) is 0.373. The van der Waals surface area contributed by atoms with Crippen molar-refractivity contribution in [1.29, 1.82) is 0 Å². The zero-order valence-electron chi connectivity index (χ0n) is 14.1. The molecule has 1 aromatic carbocycles. The number of carbonyl (C=O) groups is 1. The van der Waals surface area contributed by atoms with Gasteiger partial charge in [-0.2, -0.15) is 0 Å². The van der Waals surface area contributed by atoms with Crippen molar-refractivity contribution in [1.82, 2.24) is 5.32 Å². The number of methoxy groups -OCH3 is 2. The van der Waals surface area contributed by atoms with Gasteiger partial charge in [0.15, 0.2) is 17.5 Å². The molecule has 0 unspecified atom stereocenters. The molecule has 8 heteroatoms. The summed E-state index contributed by atoms with van der Waals surface area (Å²) >= 11 is 0. The van der Waals surface area contributed by atoms with E-state index in [1.54, 1.807) is 32.4 Å². The number of nitrogens with two attached hydrogens (primary N) is 1. The Labute approximate surface area is 154 Å². The fourth-order valence-electron chi connectivity index (χ4n) is 1.72. The molecule has 23 heavy (non-hydrogen) atoms. The van der Waals surface area contributed by atoms with E-state index in [0.29, 0.717) is 17.2 Å². The Balaban J connectivity index is 0.00000484. The van der Waals surface area contributed by atoms with Crippen LogP contribution in [0.1, 0.15) is 20.8 Å². The van der Waals surface area contributed by atoms with Crippen LogP contribution in [0, 0.1) is 0 Å². The maximum Gasteiger partial charge on any atom is 0.242 e. The molecule has 4 N–H and O–H groups in total. The first-order valence-electron chi connectivity index (χ1n) is 6.85. The largest absolute Gasteiger partial charge is 0.493 e. The first-order chi connectivity index (χ1) is 10.2. The van der Waals surface area contributed by atoms with Gasteiger partial charge >= 0.3 is 0 Å². The lowest BCUT2D eigenvalue weighted by Crippen LogP contribution is -2.42. The van der Waals surface area contributed by atoms with Crippen LogP contribution in [-0.2, 0) is 4.79 Å². The van der Waals surface area contributed by atoms with E-state index in [0.717, 1.165) is 0 Å². The minimum Gasteiger partial charge on any atom is -0.493 e. The monoisotopic (exact) mass is 436 g/mol. The van der Waals surface area contributed by atoms with Crippen molar-refractivity contribution in [3.63, 3.8) is 0 Å². The Morgan fingerprint density at radius 2 is 1.83 bits per heavy atom. The van der Waals surface area contributed by atoms with Crippen LogP contribution in [0.2, 0.25) is 0 Å². The van der Waals surface area contributed by atoms with E-state index in [9.17, 15) is 4.79 Å². The highest BCUT2D eigenvalue weighted by atomic mass is 127. The van der Waals surface area contributed by atoms with Gasteiger partial charge in [0.1, 0.15) is 6.54 Å². The summed E-state index contributed by atoms with van der Waals surface area (Å²) in [5.41, 5.74) is 6.16. The second-order valence-corrected chi connectivity index (χ2v) is 5.69. The van der Waals surface area contributed by atoms with E-state index < -0.39 is 0 Å². The summed E-state index contributed by atoms with van der Waals surface area (Å²) < 4.78 is 10.4. The first-order valence-corrected chi connectivity index (χ1v) is 6.85. The van der Waals surface area contributed by atoms with Gasteiger partial charge in [-0.3, -0.25) is 4.79 Å².